The summed E-state index contributed by atoms with van der Waals surface area (Å²) in [5, 5.41) is 0. The molecule has 98 valence electrons. The Hall–Kier alpha value is -1.55. The molecule has 0 aromatic heterocycles. The molecule has 4 N–H and O–H groups in total. The molecular formula is C12H17N3O2S. The molecule has 1 rings (SSSR count). The maximum atomic E-state index is 11.5. The Labute approximate surface area is 108 Å². The molecule has 0 amide bonds. The van der Waals surface area contributed by atoms with Gasteiger partial charge in [0.05, 0.1) is 6.54 Å². The number of hydrogen-bond acceptors (Lipinski definition) is 3. The second-order valence-electron chi connectivity index (χ2n) is 3.58. The SMILES string of the molecule is CCCNS(=O)(=O)Nc1ccc(C#CCN)cc1. The molecule has 0 bridgehead atoms. The van der Waals surface area contributed by atoms with Gasteiger partial charge in [0, 0.05) is 17.8 Å². The van der Waals surface area contributed by atoms with Crippen molar-refractivity contribution in [2.24, 2.45) is 5.73 Å². The lowest BCUT2D eigenvalue weighted by molar-refractivity contribution is 0.586. The van der Waals surface area contributed by atoms with E-state index in [9.17, 15) is 8.42 Å². The number of anilines is 1. The standard InChI is InChI=1S/C12H17N3O2S/c1-2-10-14-18(16,17)15-12-7-5-11(6-8-12)4-3-9-13/h5-8,14-15H,2,9-10,13H2,1H3. The molecular weight excluding hydrogens is 250 g/mol. The van der Waals surface area contributed by atoms with Crippen LogP contribution in [-0.2, 0) is 10.2 Å². The number of hydrogen-bond donors (Lipinski definition) is 3. The van der Waals surface area contributed by atoms with Gasteiger partial charge in [0.25, 0.3) is 10.2 Å². The third-order valence-electron chi connectivity index (χ3n) is 2.01. The molecule has 0 saturated heterocycles. The number of benzene rings is 1. The normalized spacial score (nSPS) is 10.6. The minimum atomic E-state index is -3.48. The third-order valence-corrected chi connectivity index (χ3v) is 3.10. The first kappa shape index (κ1) is 14.5. The Balaban J connectivity index is 2.69. The molecule has 0 aliphatic carbocycles. The summed E-state index contributed by atoms with van der Waals surface area (Å²) in [4.78, 5) is 0. The largest absolute Gasteiger partial charge is 0.320 e. The van der Waals surface area contributed by atoms with Crippen LogP contribution in [-0.4, -0.2) is 21.5 Å². The Morgan fingerprint density at radius 3 is 2.50 bits per heavy atom. The fraction of sp³-hybridized carbons (Fsp3) is 0.333. The monoisotopic (exact) mass is 267 g/mol. The van der Waals surface area contributed by atoms with Crippen LogP contribution in [0.4, 0.5) is 5.69 Å². The topological polar surface area (TPSA) is 84.2 Å². The Kier molecular flexibility index (Phi) is 5.65. The van der Waals surface area contributed by atoms with Crippen LogP contribution in [0.5, 0.6) is 0 Å². The van der Waals surface area contributed by atoms with Crippen LogP contribution < -0.4 is 15.2 Å². The third kappa shape index (κ3) is 5.19. The molecule has 0 spiro atoms. The fourth-order valence-corrected chi connectivity index (χ4v) is 2.19. The van der Waals surface area contributed by atoms with Gasteiger partial charge in [0.15, 0.2) is 0 Å². The first-order valence-corrected chi connectivity index (χ1v) is 7.12. The van der Waals surface area contributed by atoms with E-state index in [-0.39, 0.29) is 0 Å². The molecule has 0 aliphatic rings. The number of nitrogens with two attached hydrogens (primary N) is 1. The van der Waals surface area contributed by atoms with Crippen molar-refractivity contribution in [2.45, 2.75) is 13.3 Å². The minimum absolute atomic E-state index is 0.301. The molecule has 6 heteroatoms. The van der Waals surface area contributed by atoms with Crippen LogP contribution in [0, 0.1) is 11.8 Å². The molecule has 18 heavy (non-hydrogen) atoms. The van der Waals surface area contributed by atoms with Crippen LogP contribution in [0.2, 0.25) is 0 Å². The zero-order valence-electron chi connectivity index (χ0n) is 10.2. The molecule has 5 nitrogen and oxygen atoms in total. The van der Waals surface area contributed by atoms with Crippen molar-refractivity contribution in [1.29, 1.82) is 0 Å². The van der Waals surface area contributed by atoms with E-state index < -0.39 is 10.2 Å². The van der Waals surface area contributed by atoms with Gasteiger partial charge in [0.2, 0.25) is 0 Å². The van der Waals surface area contributed by atoms with Gasteiger partial charge < -0.3 is 5.73 Å². The summed E-state index contributed by atoms with van der Waals surface area (Å²) in [6.07, 6.45) is 0.745. The van der Waals surface area contributed by atoms with E-state index >= 15 is 0 Å². The van der Waals surface area contributed by atoms with E-state index in [4.69, 9.17) is 5.73 Å². The molecule has 0 aliphatic heterocycles. The first-order chi connectivity index (χ1) is 8.57. The summed E-state index contributed by atoms with van der Waals surface area (Å²) in [5.41, 5.74) is 6.56. The van der Waals surface area contributed by atoms with Crippen molar-refractivity contribution in [3.05, 3.63) is 29.8 Å². The zero-order valence-corrected chi connectivity index (χ0v) is 11.0. The highest BCUT2D eigenvalue weighted by Crippen LogP contribution is 2.09. The predicted octanol–water partition coefficient (Wildman–Crippen LogP) is 0.653. The Bertz CT molecular complexity index is 527. The second-order valence-corrected chi connectivity index (χ2v) is 5.08. The highest BCUT2D eigenvalue weighted by Gasteiger charge is 2.07. The lowest BCUT2D eigenvalue weighted by Crippen LogP contribution is -2.30. The van der Waals surface area contributed by atoms with E-state index in [0.717, 1.165) is 12.0 Å². The Morgan fingerprint density at radius 1 is 1.28 bits per heavy atom. The van der Waals surface area contributed by atoms with Crippen LogP contribution >= 0.6 is 0 Å². The highest BCUT2D eigenvalue weighted by atomic mass is 32.2. The summed E-state index contributed by atoms with van der Waals surface area (Å²) < 4.78 is 27.9. The quantitative estimate of drug-likeness (QED) is 0.685. The smallest absolute Gasteiger partial charge is 0.299 e. The zero-order chi connectivity index (χ0) is 13.4. The molecule has 0 heterocycles. The summed E-state index contributed by atoms with van der Waals surface area (Å²) >= 11 is 0. The molecule has 0 radical (unpaired) electrons. The molecule has 0 unspecified atom stereocenters. The van der Waals surface area contributed by atoms with Crippen LogP contribution in [0.1, 0.15) is 18.9 Å². The molecule has 0 fully saturated rings. The van der Waals surface area contributed by atoms with Gasteiger partial charge in [-0.05, 0) is 30.7 Å². The second kappa shape index (κ2) is 7.01. The summed E-state index contributed by atoms with van der Waals surface area (Å²) in [7, 11) is -3.48. The Morgan fingerprint density at radius 2 is 1.94 bits per heavy atom. The van der Waals surface area contributed by atoms with Crippen molar-refractivity contribution in [2.75, 3.05) is 17.8 Å². The first-order valence-electron chi connectivity index (χ1n) is 5.64. The van der Waals surface area contributed by atoms with E-state index in [1.807, 2.05) is 6.92 Å². The van der Waals surface area contributed by atoms with Gasteiger partial charge in [-0.1, -0.05) is 18.8 Å². The summed E-state index contributed by atoms with van der Waals surface area (Å²) in [6.45, 7) is 2.61. The number of nitrogens with one attached hydrogen (secondary N) is 2. The van der Waals surface area contributed by atoms with Crippen LogP contribution in [0.25, 0.3) is 0 Å². The highest BCUT2D eigenvalue weighted by molar-refractivity contribution is 7.90. The lowest BCUT2D eigenvalue weighted by atomic mass is 10.2. The maximum Gasteiger partial charge on any atom is 0.299 e. The van der Waals surface area contributed by atoms with Gasteiger partial charge in [-0.15, -0.1) is 0 Å². The van der Waals surface area contributed by atoms with Crippen molar-refractivity contribution in [1.82, 2.24) is 4.72 Å². The van der Waals surface area contributed by atoms with Crippen LogP contribution in [0.3, 0.4) is 0 Å². The van der Waals surface area contributed by atoms with E-state index in [0.29, 0.717) is 18.8 Å². The minimum Gasteiger partial charge on any atom is -0.320 e. The summed E-state index contributed by atoms with van der Waals surface area (Å²) in [6, 6.07) is 6.79. The van der Waals surface area contributed by atoms with Crippen molar-refractivity contribution < 1.29 is 8.42 Å². The van der Waals surface area contributed by atoms with Gasteiger partial charge in [-0.2, -0.15) is 13.1 Å². The van der Waals surface area contributed by atoms with Gasteiger partial charge in [-0.25, -0.2) is 0 Å². The van der Waals surface area contributed by atoms with Gasteiger partial charge in [0.1, 0.15) is 0 Å². The van der Waals surface area contributed by atoms with E-state index in [1.54, 1.807) is 24.3 Å². The van der Waals surface area contributed by atoms with Gasteiger partial charge >= 0.3 is 0 Å². The lowest BCUT2D eigenvalue weighted by Gasteiger charge is -2.08. The predicted molar refractivity (Wildman–Crippen MR) is 73.2 cm³/mol. The van der Waals surface area contributed by atoms with E-state index in [2.05, 4.69) is 21.3 Å². The van der Waals surface area contributed by atoms with Crippen molar-refractivity contribution in [3.63, 3.8) is 0 Å². The average molecular weight is 267 g/mol. The molecule has 1 aromatic rings. The van der Waals surface area contributed by atoms with E-state index in [1.165, 1.54) is 0 Å². The van der Waals surface area contributed by atoms with Crippen molar-refractivity contribution >= 4 is 15.9 Å². The molecule has 0 atom stereocenters. The maximum absolute atomic E-state index is 11.5. The molecule has 0 saturated carbocycles. The average Bonchev–Trinajstić information content (AvgIpc) is 2.35. The van der Waals surface area contributed by atoms with Crippen LogP contribution in [0.15, 0.2) is 24.3 Å². The number of rotatable bonds is 5. The molecule has 1 aromatic carbocycles. The summed E-state index contributed by atoms with van der Waals surface area (Å²) in [5.74, 6) is 5.59. The van der Waals surface area contributed by atoms with Gasteiger partial charge in [-0.3, -0.25) is 4.72 Å². The van der Waals surface area contributed by atoms with Crippen molar-refractivity contribution in [3.8, 4) is 11.8 Å². The fourth-order valence-electron chi connectivity index (χ4n) is 1.20.